The number of carbonyl (C=O) groups is 1. The first-order valence-corrected chi connectivity index (χ1v) is 12.2. The summed E-state index contributed by atoms with van der Waals surface area (Å²) in [6.07, 6.45) is 5.69. The number of sulfonamides is 1. The maximum atomic E-state index is 12.9. The van der Waals surface area contributed by atoms with E-state index in [1.165, 1.54) is 34.0 Å². The number of hydrogen-bond acceptors (Lipinski definition) is 4. The number of thiophene rings is 1. The van der Waals surface area contributed by atoms with E-state index in [4.69, 9.17) is 0 Å². The topological polar surface area (TPSA) is 66.5 Å². The molecular weight excluding hydrogens is 392 g/mol. The molecule has 1 aliphatic carbocycles. The Morgan fingerprint density at radius 1 is 1.11 bits per heavy atom. The van der Waals surface area contributed by atoms with E-state index in [0.717, 1.165) is 12.8 Å². The van der Waals surface area contributed by atoms with Crippen LogP contribution < -0.4 is 5.32 Å². The first-order chi connectivity index (χ1) is 13.4. The Morgan fingerprint density at radius 3 is 2.54 bits per heavy atom. The van der Waals surface area contributed by atoms with Crippen molar-refractivity contribution in [3.63, 3.8) is 0 Å². The van der Waals surface area contributed by atoms with Crippen LogP contribution in [0, 0.1) is 6.92 Å². The largest absolute Gasteiger partial charge is 0.321 e. The third-order valence-electron chi connectivity index (χ3n) is 5.24. The Balaban J connectivity index is 1.84. The van der Waals surface area contributed by atoms with Crippen LogP contribution >= 0.6 is 11.3 Å². The molecule has 0 saturated carbocycles. The molecule has 0 unspecified atom stereocenters. The summed E-state index contributed by atoms with van der Waals surface area (Å²) in [5.41, 5.74) is 2.47. The van der Waals surface area contributed by atoms with Gasteiger partial charge in [0.05, 0.1) is 9.77 Å². The molecule has 3 rings (SSSR count). The summed E-state index contributed by atoms with van der Waals surface area (Å²) in [4.78, 5) is 15.0. The molecular formula is C21H28N2O3S2. The van der Waals surface area contributed by atoms with Crippen molar-refractivity contribution in [2.75, 3.05) is 18.4 Å². The lowest BCUT2D eigenvalue weighted by Gasteiger charge is -2.20. The minimum Gasteiger partial charge on any atom is -0.321 e. The number of fused-ring (bicyclic) bond motifs is 1. The SMILES string of the molecule is CCN(CC)S(=O)(=O)c1cc(NC(=O)c2cc3c(s2)CCCCC3)ccc1C. The highest BCUT2D eigenvalue weighted by Gasteiger charge is 2.24. The van der Waals surface area contributed by atoms with Crippen LogP contribution in [-0.2, 0) is 22.9 Å². The molecule has 1 N–H and O–H groups in total. The summed E-state index contributed by atoms with van der Waals surface area (Å²) in [6.45, 7) is 6.25. The van der Waals surface area contributed by atoms with Gasteiger partial charge in [0.2, 0.25) is 10.0 Å². The molecule has 1 aromatic heterocycles. The summed E-state index contributed by atoms with van der Waals surface area (Å²) in [5.74, 6) is -0.173. The molecule has 0 radical (unpaired) electrons. The number of anilines is 1. The summed E-state index contributed by atoms with van der Waals surface area (Å²) >= 11 is 1.56. The van der Waals surface area contributed by atoms with Crippen LogP contribution in [-0.4, -0.2) is 31.7 Å². The van der Waals surface area contributed by atoms with E-state index in [2.05, 4.69) is 5.32 Å². The van der Waals surface area contributed by atoms with Gasteiger partial charge in [-0.15, -0.1) is 11.3 Å². The van der Waals surface area contributed by atoms with Crippen LogP contribution in [0.2, 0.25) is 0 Å². The molecule has 1 heterocycles. The minimum absolute atomic E-state index is 0.173. The zero-order valence-corrected chi connectivity index (χ0v) is 18.4. The predicted octanol–water partition coefficient (Wildman–Crippen LogP) is 4.61. The smallest absolute Gasteiger partial charge is 0.265 e. The number of nitrogens with zero attached hydrogens (tertiary/aromatic N) is 1. The summed E-state index contributed by atoms with van der Waals surface area (Å²) in [6, 6.07) is 7.07. The lowest BCUT2D eigenvalue weighted by molar-refractivity contribution is 0.103. The Hall–Kier alpha value is -1.70. The van der Waals surface area contributed by atoms with Crippen molar-refractivity contribution in [1.82, 2.24) is 4.31 Å². The molecule has 0 bridgehead atoms. The highest BCUT2D eigenvalue weighted by molar-refractivity contribution is 7.89. The van der Waals surface area contributed by atoms with Crippen LogP contribution in [0.3, 0.4) is 0 Å². The molecule has 2 aromatic rings. The van der Waals surface area contributed by atoms with Gasteiger partial charge in [0, 0.05) is 23.7 Å². The van der Waals surface area contributed by atoms with Crippen LogP contribution in [0.4, 0.5) is 5.69 Å². The zero-order valence-electron chi connectivity index (χ0n) is 16.7. The number of amides is 1. The maximum Gasteiger partial charge on any atom is 0.265 e. The van der Waals surface area contributed by atoms with Crippen molar-refractivity contribution < 1.29 is 13.2 Å². The predicted molar refractivity (Wildman–Crippen MR) is 115 cm³/mol. The van der Waals surface area contributed by atoms with Gasteiger partial charge in [0.15, 0.2) is 0 Å². The number of carbonyl (C=O) groups excluding carboxylic acids is 1. The second-order valence-electron chi connectivity index (χ2n) is 7.14. The van der Waals surface area contributed by atoms with E-state index in [1.807, 2.05) is 19.9 Å². The van der Waals surface area contributed by atoms with E-state index in [-0.39, 0.29) is 10.8 Å². The summed E-state index contributed by atoms with van der Waals surface area (Å²) in [7, 11) is -3.58. The average molecular weight is 421 g/mol. The molecule has 0 spiro atoms. The van der Waals surface area contributed by atoms with Crippen LogP contribution in [0.15, 0.2) is 29.2 Å². The van der Waals surface area contributed by atoms with Gasteiger partial charge in [-0.2, -0.15) is 4.31 Å². The molecule has 7 heteroatoms. The Labute approximate surface area is 171 Å². The molecule has 28 heavy (non-hydrogen) atoms. The molecule has 0 atom stereocenters. The Bertz CT molecular complexity index is 937. The Morgan fingerprint density at radius 2 is 1.82 bits per heavy atom. The molecule has 0 saturated heterocycles. The van der Waals surface area contributed by atoms with Crippen molar-refractivity contribution in [3.05, 3.63) is 45.1 Å². The van der Waals surface area contributed by atoms with Crippen LogP contribution in [0.25, 0.3) is 0 Å². The number of nitrogens with one attached hydrogen (secondary N) is 1. The third-order valence-corrected chi connectivity index (χ3v) is 8.67. The molecule has 5 nitrogen and oxygen atoms in total. The van der Waals surface area contributed by atoms with Crippen LogP contribution in [0.1, 0.15) is 58.8 Å². The first kappa shape index (κ1) is 21.0. The second-order valence-corrected chi connectivity index (χ2v) is 10.2. The zero-order chi connectivity index (χ0) is 20.3. The van der Waals surface area contributed by atoms with Crippen molar-refractivity contribution in [3.8, 4) is 0 Å². The fraction of sp³-hybridized carbons (Fsp3) is 0.476. The average Bonchev–Trinajstić information content (AvgIpc) is 2.95. The number of hydrogen-bond donors (Lipinski definition) is 1. The molecule has 0 aliphatic heterocycles. The summed E-state index contributed by atoms with van der Waals surface area (Å²) in [5, 5.41) is 2.89. The normalized spacial score (nSPS) is 14.6. The third kappa shape index (κ3) is 4.31. The van der Waals surface area contributed by atoms with Gasteiger partial charge < -0.3 is 5.32 Å². The maximum absolute atomic E-state index is 12.9. The van der Waals surface area contributed by atoms with Gasteiger partial charge in [-0.05, 0) is 61.9 Å². The molecule has 152 valence electrons. The highest BCUT2D eigenvalue weighted by Crippen LogP contribution is 2.30. The quantitative estimate of drug-likeness (QED) is 0.694. The van der Waals surface area contributed by atoms with E-state index in [9.17, 15) is 13.2 Å². The van der Waals surface area contributed by atoms with Crippen molar-refractivity contribution >= 4 is 33.0 Å². The van der Waals surface area contributed by atoms with Gasteiger partial charge in [-0.25, -0.2) is 8.42 Å². The second kappa shape index (κ2) is 8.76. The Kier molecular flexibility index (Phi) is 6.58. The lowest BCUT2D eigenvalue weighted by Crippen LogP contribution is -2.31. The molecule has 1 amide bonds. The lowest BCUT2D eigenvalue weighted by atomic mass is 10.1. The number of aryl methyl sites for hydroxylation is 3. The van der Waals surface area contributed by atoms with Crippen molar-refractivity contribution in [2.24, 2.45) is 0 Å². The fourth-order valence-electron chi connectivity index (χ4n) is 3.63. The van der Waals surface area contributed by atoms with E-state index < -0.39 is 10.0 Å². The molecule has 1 aliphatic rings. The standard InChI is InChI=1S/C21H28N2O3S2/c1-4-23(5-2)28(25,26)20-14-17(12-11-15(20)3)22-21(24)19-13-16-9-7-6-8-10-18(16)27-19/h11-14H,4-10H2,1-3H3,(H,22,24). The van der Waals surface area contributed by atoms with Crippen molar-refractivity contribution in [2.45, 2.75) is 57.8 Å². The first-order valence-electron chi connectivity index (χ1n) is 9.90. The van der Waals surface area contributed by atoms with Gasteiger partial charge >= 0.3 is 0 Å². The van der Waals surface area contributed by atoms with Gasteiger partial charge in [-0.1, -0.05) is 26.3 Å². The monoisotopic (exact) mass is 420 g/mol. The minimum atomic E-state index is -3.58. The van der Waals surface area contributed by atoms with Gasteiger partial charge in [0.1, 0.15) is 0 Å². The van der Waals surface area contributed by atoms with Crippen LogP contribution in [0.5, 0.6) is 0 Å². The van der Waals surface area contributed by atoms with E-state index >= 15 is 0 Å². The van der Waals surface area contributed by atoms with E-state index in [1.54, 1.807) is 36.5 Å². The van der Waals surface area contributed by atoms with E-state index in [0.29, 0.717) is 29.2 Å². The van der Waals surface area contributed by atoms with Gasteiger partial charge in [-0.3, -0.25) is 4.79 Å². The number of benzene rings is 1. The number of rotatable bonds is 6. The molecule has 1 aromatic carbocycles. The molecule has 0 fully saturated rings. The van der Waals surface area contributed by atoms with Gasteiger partial charge in [0.25, 0.3) is 5.91 Å². The summed E-state index contributed by atoms with van der Waals surface area (Å²) < 4.78 is 27.2. The van der Waals surface area contributed by atoms with Crippen molar-refractivity contribution in [1.29, 1.82) is 0 Å². The fourth-order valence-corrected chi connectivity index (χ4v) is 6.49. The highest BCUT2D eigenvalue weighted by atomic mass is 32.2.